The maximum absolute atomic E-state index is 11.2. The SMILES string of the molecule is CCOCC/C(=N\Nc1ccc([N+](=O)[O-])cc1[N+](=O)[O-])c1ccccc1. The van der Waals surface area contributed by atoms with Gasteiger partial charge >= 0.3 is 5.69 Å². The molecule has 0 saturated heterocycles. The van der Waals surface area contributed by atoms with E-state index in [1.165, 1.54) is 12.1 Å². The molecule has 0 aromatic heterocycles. The molecule has 0 aliphatic carbocycles. The van der Waals surface area contributed by atoms with Gasteiger partial charge in [-0.15, -0.1) is 0 Å². The zero-order valence-electron chi connectivity index (χ0n) is 14.1. The van der Waals surface area contributed by atoms with Crippen LogP contribution in [0.15, 0.2) is 53.6 Å². The van der Waals surface area contributed by atoms with Crippen molar-refractivity contribution in [3.8, 4) is 0 Å². The maximum atomic E-state index is 11.2. The molecule has 1 N–H and O–H groups in total. The molecule has 2 aromatic rings. The lowest BCUT2D eigenvalue weighted by molar-refractivity contribution is -0.393. The number of non-ortho nitro benzene ring substituents is 1. The number of anilines is 1. The molecular formula is C17H18N4O5. The van der Waals surface area contributed by atoms with Crippen LogP contribution in [0.4, 0.5) is 17.1 Å². The Morgan fingerprint density at radius 2 is 1.85 bits per heavy atom. The van der Waals surface area contributed by atoms with Gasteiger partial charge < -0.3 is 4.74 Å². The standard InChI is InChI=1S/C17H18N4O5/c1-2-26-11-10-15(13-6-4-3-5-7-13)18-19-16-9-8-14(20(22)23)12-17(16)21(24)25/h3-9,12,19H,2,10-11H2,1H3/b18-15+. The summed E-state index contributed by atoms with van der Waals surface area (Å²) >= 11 is 0. The molecule has 0 aliphatic heterocycles. The maximum Gasteiger partial charge on any atom is 0.301 e. The van der Waals surface area contributed by atoms with Gasteiger partial charge in [-0.05, 0) is 18.6 Å². The molecule has 0 unspecified atom stereocenters. The Morgan fingerprint density at radius 3 is 2.46 bits per heavy atom. The number of ether oxygens (including phenoxy) is 1. The molecule has 0 bridgehead atoms. The van der Waals surface area contributed by atoms with Crippen LogP contribution in [-0.4, -0.2) is 28.8 Å². The quantitative estimate of drug-likeness (QED) is 0.315. The fraction of sp³-hybridized carbons (Fsp3) is 0.235. The van der Waals surface area contributed by atoms with Gasteiger partial charge in [-0.1, -0.05) is 30.3 Å². The van der Waals surface area contributed by atoms with Gasteiger partial charge in [-0.2, -0.15) is 5.10 Å². The summed E-state index contributed by atoms with van der Waals surface area (Å²) < 4.78 is 5.35. The van der Waals surface area contributed by atoms with E-state index in [4.69, 9.17) is 4.74 Å². The second-order valence-corrected chi connectivity index (χ2v) is 5.20. The second-order valence-electron chi connectivity index (χ2n) is 5.20. The van der Waals surface area contributed by atoms with Crippen LogP contribution in [0.25, 0.3) is 0 Å². The molecule has 136 valence electrons. The third-order valence-electron chi connectivity index (χ3n) is 3.49. The van der Waals surface area contributed by atoms with Gasteiger partial charge in [0.1, 0.15) is 5.69 Å². The van der Waals surface area contributed by atoms with Gasteiger partial charge in [0.05, 0.1) is 28.2 Å². The third-order valence-corrected chi connectivity index (χ3v) is 3.49. The first-order valence-electron chi connectivity index (χ1n) is 7.91. The highest BCUT2D eigenvalue weighted by Gasteiger charge is 2.19. The molecule has 0 fully saturated rings. The first kappa shape index (κ1) is 19.0. The number of hydrazone groups is 1. The summed E-state index contributed by atoms with van der Waals surface area (Å²) in [6.45, 7) is 2.91. The predicted molar refractivity (Wildman–Crippen MR) is 97.5 cm³/mol. The molecule has 9 nitrogen and oxygen atoms in total. The van der Waals surface area contributed by atoms with Crippen molar-refractivity contribution in [3.05, 3.63) is 74.3 Å². The van der Waals surface area contributed by atoms with Crippen molar-refractivity contribution in [2.24, 2.45) is 5.10 Å². The van der Waals surface area contributed by atoms with Crippen LogP contribution in [-0.2, 0) is 4.74 Å². The lowest BCUT2D eigenvalue weighted by Crippen LogP contribution is -2.09. The molecule has 9 heteroatoms. The Morgan fingerprint density at radius 1 is 1.12 bits per heavy atom. The van der Waals surface area contributed by atoms with Crippen LogP contribution in [0, 0.1) is 20.2 Å². The molecule has 0 saturated carbocycles. The number of rotatable bonds is 9. The van der Waals surface area contributed by atoms with E-state index in [-0.39, 0.29) is 11.4 Å². The van der Waals surface area contributed by atoms with Crippen molar-refractivity contribution in [2.75, 3.05) is 18.6 Å². The minimum atomic E-state index is -0.687. The summed E-state index contributed by atoms with van der Waals surface area (Å²) in [7, 11) is 0. The van der Waals surface area contributed by atoms with Gasteiger partial charge in [0.15, 0.2) is 0 Å². The average Bonchev–Trinajstić information content (AvgIpc) is 2.65. The van der Waals surface area contributed by atoms with Gasteiger partial charge in [0.25, 0.3) is 5.69 Å². The van der Waals surface area contributed by atoms with Crippen LogP contribution >= 0.6 is 0 Å². The molecular weight excluding hydrogens is 340 g/mol. The highest BCUT2D eigenvalue weighted by molar-refractivity contribution is 6.01. The van der Waals surface area contributed by atoms with E-state index in [2.05, 4.69) is 10.5 Å². The first-order valence-corrected chi connectivity index (χ1v) is 7.91. The van der Waals surface area contributed by atoms with Crippen molar-refractivity contribution in [2.45, 2.75) is 13.3 Å². The topological polar surface area (TPSA) is 120 Å². The summed E-state index contributed by atoms with van der Waals surface area (Å²) in [6, 6.07) is 12.7. The predicted octanol–water partition coefficient (Wildman–Crippen LogP) is 3.75. The van der Waals surface area contributed by atoms with E-state index in [1.807, 2.05) is 37.3 Å². The van der Waals surface area contributed by atoms with Crippen molar-refractivity contribution in [1.82, 2.24) is 0 Å². The fourth-order valence-corrected chi connectivity index (χ4v) is 2.22. The number of benzene rings is 2. The Bertz CT molecular complexity index is 808. The van der Waals surface area contributed by atoms with Crippen LogP contribution in [0.2, 0.25) is 0 Å². The van der Waals surface area contributed by atoms with Gasteiger partial charge in [-0.3, -0.25) is 25.7 Å². The smallest absolute Gasteiger partial charge is 0.301 e. The van der Waals surface area contributed by atoms with Crippen molar-refractivity contribution in [1.29, 1.82) is 0 Å². The van der Waals surface area contributed by atoms with Crippen LogP contribution in [0.1, 0.15) is 18.9 Å². The summed E-state index contributed by atoms with van der Waals surface area (Å²) in [5, 5.41) is 26.3. The molecule has 0 radical (unpaired) electrons. The van der Waals surface area contributed by atoms with E-state index in [1.54, 1.807) is 0 Å². The lowest BCUT2D eigenvalue weighted by atomic mass is 10.1. The van der Waals surface area contributed by atoms with E-state index < -0.39 is 15.5 Å². The van der Waals surface area contributed by atoms with E-state index in [9.17, 15) is 20.2 Å². The Labute approximate surface area is 149 Å². The molecule has 26 heavy (non-hydrogen) atoms. The summed E-state index contributed by atoms with van der Waals surface area (Å²) in [5.74, 6) is 0. The normalized spacial score (nSPS) is 11.2. The Hall–Kier alpha value is -3.33. The highest BCUT2D eigenvalue weighted by Crippen LogP contribution is 2.29. The third kappa shape index (κ3) is 5.08. The Balaban J connectivity index is 2.30. The molecule has 0 aliphatic rings. The minimum Gasteiger partial charge on any atom is -0.381 e. The van der Waals surface area contributed by atoms with Gasteiger partial charge in [-0.25, -0.2) is 0 Å². The number of hydrogen-bond donors (Lipinski definition) is 1. The van der Waals surface area contributed by atoms with E-state index >= 15 is 0 Å². The number of nitrogens with one attached hydrogen (secondary N) is 1. The monoisotopic (exact) mass is 358 g/mol. The van der Waals surface area contributed by atoms with E-state index in [0.29, 0.717) is 25.3 Å². The zero-order chi connectivity index (χ0) is 18.9. The molecule has 2 aromatic carbocycles. The van der Waals surface area contributed by atoms with Crippen molar-refractivity contribution in [3.63, 3.8) is 0 Å². The summed E-state index contributed by atoms with van der Waals surface area (Å²) in [5.41, 5.74) is 3.47. The fourth-order valence-electron chi connectivity index (χ4n) is 2.22. The average molecular weight is 358 g/mol. The number of hydrogen-bond acceptors (Lipinski definition) is 7. The molecule has 0 spiro atoms. The second kappa shape index (κ2) is 9.23. The summed E-state index contributed by atoms with van der Waals surface area (Å²) in [4.78, 5) is 20.6. The molecule has 0 atom stereocenters. The molecule has 0 heterocycles. The van der Waals surface area contributed by atoms with Crippen LogP contribution in [0.5, 0.6) is 0 Å². The highest BCUT2D eigenvalue weighted by atomic mass is 16.6. The largest absolute Gasteiger partial charge is 0.381 e. The van der Waals surface area contributed by atoms with E-state index in [0.717, 1.165) is 11.6 Å². The van der Waals surface area contributed by atoms with Crippen LogP contribution in [0.3, 0.4) is 0 Å². The van der Waals surface area contributed by atoms with Gasteiger partial charge in [0, 0.05) is 19.1 Å². The van der Waals surface area contributed by atoms with Crippen molar-refractivity contribution < 1.29 is 14.6 Å². The minimum absolute atomic E-state index is 0.0745. The number of nitro benzene ring substituents is 2. The van der Waals surface area contributed by atoms with Crippen molar-refractivity contribution >= 4 is 22.8 Å². The molecule has 2 rings (SSSR count). The lowest BCUT2D eigenvalue weighted by Gasteiger charge is -2.09. The Kier molecular flexibility index (Phi) is 6.75. The molecule has 0 amide bonds. The number of nitro groups is 2. The zero-order valence-corrected chi connectivity index (χ0v) is 14.1. The first-order chi connectivity index (χ1) is 12.5. The summed E-state index contributed by atoms with van der Waals surface area (Å²) in [6.07, 6.45) is 0.506. The van der Waals surface area contributed by atoms with Crippen LogP contribution < -0.4 is 5.43 Å². The van der Waals surface area contributed by atoms with Gasteiger partial charge in [0.2, 0.25) is 0 Å². The number of nitrogens with zero attached hydrogens (tertiary/aromatic N) is 3.